The van der Waals surface area contributed by atoms with Crippen molar-refractivity contribution in [1.29, 1.82) is 0 Å². The van der Waals surface area contributed by atoms with Gasteiger partial charge in [-0.3, -0.25) is 4.68 Å². The maximum Gasteiger partial charge on any atom is 0.433 e. The third kappa shape index (κ3) is 5.06. The first kappa shape index (κ1) is 21.8. The number of aromatic nitrogens is 2. The lowest BCUT2D eigenvalue weighted by atomic mass is 10.1. The van der Waals surface area contributed by atoms with E-state index in [4.69, 9.17) is 16.3 Å². The molecule has 0 saturated carbocycles. The maximum atomic E-state index is 13.6. The van der Waals surface area contributed by atoms with E-state index in [9.17, 15) is 18.3 Å². The Hall–Kier alpha value is -3.45. The van der Waals surface area contributed by atoms with Crippen molar-refractivity contribution >= 4 is 11.6 Å². The van der Waals surface area contributed by atoms with Crippen LogP contribution in [0.1, 0.15) is 16.8 Å². The van der Waals surface area contributed by atoms with Crippen molar-refractivity contribution in [3.8, 4) is 22.8 Å². The highest BCUT2D eigenvalue weighted by Gasteiger charge is 2.36. The van der Waals surface area contributed by atoms with Gasteiger partial charge in [0.1, 0.15) is 23.8 Å². The molecule has 4 rings (SSSR count). The molecular formula is C24H18ClF3N2O2. The summed E-state index contributed by atoms with van der Waals surface area (Å²) in [5.41, 5.74) is 0.880. The molecule has 0 radical (unpaired) electrons. The minimum absolute atomic E-state index is 0.0232. The predicted octanol–water partition coefficient (Wildman–Crippen LogP) is 6.56. The summed E-state index contributed by atoms with van der Waals surface area (Å²) in [7, 11) is 0. The molecule has 1 aromatic heterocycles. The van der Waals surface area contributed by atoms with E-state index in [0.29, 0.717) is 16.3 Å². The number of phenols is 1. The fraction of sp³-hybridized carbons (Fsp3) is 0.125. The van der Waals surface area contributed by atoms with Gasteiger partial charge in [-0.25, -0.2) is 0 Å². The number of hydrogen-bond donors (Lipinski definition) is 1. The van der Waals surface area contributed by atoms with Gasteiger partial charge < -0.3 is 9.84 Å². The van der Waals surface area contributed by atoms with Crippen LogP contribution in [0.3, 0.4) is 0 Å². The number of nitrogens with zero attached hydrogens (tertiary/aromatic N) is 2. The molecule has 0 atom stereocenters. The molecule has 0 aliphatic rings. The molecule has 0 bridgehead atoms. The molecule has 1 heterocycles. The number of ether oxygens (including phenoxy) is 1. The number of hydrogen-bond acceptors (Lipinski definition) is 3. The normalized spacial score (nSPS) is 11.5. The van der Waals surface area contributed by atoms with Gasteiger partial charge in [-0.15, -0.1) is 0 Å². The molecule has 0 aliphatic carbocycles. The highest BCUT2D eigenvalue weighted by atomic mass is 35.5. The van der Waals surface area contributed by atoms with Gasteiger partial charge >= 0.3 is 6.18 Å². The Kier molecular flexibility index (Phi) is 6.10. The Morgan fingerprint density at radius 2 is 1.62 bits per heavy atom. The maximum absolute atomic E-state index is 13.6. The molecule has 0 aliphatic heterocycles. The van der Waals surface area contributed by atoms with Gasteiger partial charge in [0.25, 0.3) is 0 Å². The van der Waals surface area contributed by atoms with Gasteiger partial charge in [0.15, 0.2) is 0 Å². The fourth-order valence-electron chi connectivity index (χ4n) is 3.22. The highest BCUT2D eigenvalue weighted by Crippen LogP contribution is 2.36. The Balaban J connectivity index is 1.58. The van der Waals surface area contributed by atoms with Crippen LogP contribution in [0.4, 0.5) is 13.2 Å². The average Bonchev–Trinajstić information content (AvgIpc) is 3.18. The standard InChI is InChI=1S/C24H18ClF3N2O2/c25-18-8-6-17(7-9-18)15-32-19-10-11-20(22(31)12-19)21-13-23(24(26,27)28)30(29-21)14-16-4-2-1-3-5-16/h1-13,31H,14-15H2. The van der Waals surface area contributed by atoms with Crippen molar-refractivity contribution in [2.75, 3.05) is 0 Å². The summed E-state index contributed by atoms with van der Waals surface area (Å²) < 4.78 is 47.3. The first-order valence-corrected chi connectivity index (χ1v) is 10.1. The smallest absolute Gasteiger partial charge is 0.433 e. The molecule has 4 nitrogen and oxygen atoms in total. The van der Waals surface area contributed by atoms with Crippen molar-refractivity contribution in [3.05, 3.63) is 101 Å². The van der Waals surface area contributed by atoms with E-state index >= 15 is 0 Å². The van der Waals surface area contributed by atoms with Crippen LogP contribution in [-0.4, -0.2) is 14.9 Å². The van der Waals surface area contributed by atoms with E-state index in [1.165, 1.54) is 12.1 Å². The molecule has 164 valence electrons. The molecule has 0 fully saturated rings. The van der Waals surface area contributed by atoms with Crippen LogP contribution < -0.4 is 4.74 Å². The van der Waals surface area contributed by atoms with Crippen LogP contribution in [0.25, 0.3) is 11.3 Å². The van der Waals surface area contributed by atoms with E-state index in [0.717, 1.165) is 16.3 Å². The molecule has 1 N–H and O–H groups in total. The summed E-state index contributed by atoms with van der Waals surface area (Å²) in [6.45, 7) is 0.207. The van der Waals surface area contributed by atoms with Crippen molar-refractivity contribution in [1.82, 2.24) is 9.78 Å². The first-order valence-electron chi connectivity index (χ1n) is 9.69. The van der Waals surface area contributed by atoms with Crippen LogP contribution in [0.2, 0.25) is 5.02 Å². The molecule has 0 spiro atoms. The lowest BCUT2D eigenvalue weighted by Gasteiger charge is -2.10. The molecule has 3 aromatic carbocycles. The number of benzene rings is 3. The Labute approximate surface area is 187 Å². The Morgan fingerprint density at radius 3 is 2.28 bits per heavy atom. The summed E-state index contributed by atoms with van der Waals surface area (Å²) >= 11 is 5.86. The molecule has 0 saturated heterocycles. The zero-order chi connectivity index (χ0) is 22.7. The van der Waals surface area contributed by atoms with E-state index in [1.807, 2.05) is 12.1 Å². The van der Waals surface area contributed by atoms with Crippen molar-refractivity contribution in [2.24, 2.45) is 0 Å². The number of alkyl halides is 3. The summed E-state index contributed by atoms with van der Waals surface area (Å²) in [6, 6.07) is 21.2. The number of halogens is 4. The summed E-state index contributed by atoms with van der Waals surface area (Å²) in [6.07, 6.45) is -4.59. The van der Waals surface area contributed by atoms with E-state index in [2.05, 4.69) is 5.10 Å². The summed E-state index contributed by atoms with van der Waals surface area (Å²) in [5.74, 6) is 0.151. The zero-order valence-electron chi connectivity index (χ0n) is 16.7. The second-order valence-corrected chi connectivity index (χ2v) is 7.59. The van der Waals surface area contributed by atoms with Crippen LogP contribution in [0.5, 0.6) is 11.5 Å². The second-order valence-electron chi connectivity index (χ2n) is 7.15. The van der Waals surface area contributed by atoms with Gasteiger partial charge in [-0.2, -0.15) is 18.3 Å². The largest absolute Gasteiger partial charge is 0.507 e. The number of rotatable bonds is 6. The van der Waals surface area contributed by atoms with Crippen LogP contribution >= 0.6 is 11.6 Å². The predicted molar refractivity (Wildman–Crippen MR) is 116 cm³/mol. The molecule has 32 heavy (non-hydrogen) atoms. The van der Waals surface area contributed by atoms with Crippen molar-refractivity contribution in [3.63, 3.8) is 0 Å². The minimum Gasteiger partial charge on any atom is -0.507 e. The first-order chi connectivity index (χ1) is 15.3. The molecule has 8 heteroatoms. The van der Waals surface area contributed by atoms with E-state index in [1.54, 1.807) is 48.5 Å². The van der Waals surface area contributed by atoms with Crippen LogP contribution in [-0.2, 0) is 19.3 Å². The van der Waals surface area contributed by atoms with Crippen LogP contribution in [0.15, 0.2) is 78.9 Å². The molecule has 4 aromatic rings. The third-order valence-electron chi connectivity index (χ3n) is 4.81. The lowest BCUT2D eigenvalue weighted by molar-refractivity contribution is -0.144. The van der Waals surface area contributed by atoms with Gasteiger partial charge in [0, 0.05) is 16.7 Å². The topological polar surface area (TPSA) is 47.3 Å². The SMILES string of the molecule is Oc1cc(OCc2ccc(Cl)cc2)ccc1-c1cc(C(F)(F)F)n(Cc2ccccc2)n1. The van der Waals surface area contributed by atoms with Gasteiger partial charge in [-0.1, -0.05) is 54.1 Å². The molecular weight excluding hydrogens is 441 g/mol. The zero-order valence-corrected chi connectivity index (χ0v) is 17.4. The quantitative estimate of drug-likeness (QED) is 0.356. The third-order valence-corrected chi connectivity index (χ3v) is 5.06. The van der Waals surface area contributed by atoms with Gasteiger partial charge in [-0.05, 0) is 41.5 Å². The Bertz CT molecular complexity index is 1210. The number of phenolic OH excluding ortho intramolecular Hbond substituents is 1. The minimum atomic E-state index is -4.59. The highest BCUT2D eigenvalue weighted by molar-refractivity contribution is 6.30. The van der Waals surface area contributed by atoms with E-state index in [-0.39, 0.29) is 30.2 Å². The van der Waals surface area contributed by atoms with Crippen molar-refractivity contribution < 1.29 is 23.0 Å². The Morgan fingerprint density at radius 1 is 0.906 bits per heavy atom. The summed E-state index contributed by atoms with van der Waals surface area (Å²) in [4.78, 5) is 0. The monoisotopic (exact) mass is 458 g/mol. The second kappa shape index (κ2) is 8.96. The van der Waals surface area contributed by atoms with Crippen LogP contribution in [0, 0.1) is 0 Å². The fourth-order valence-corrected chi connectivity index (χ4v) is 3.34. The average molecular weight is 459 g/mol. The molecule has 0 unspecified atom stereocenters. The summed E-state index contributed by atoms with van der Waals surface area (Å²) in [5, 5.41) is 15.2. The number of aromatic hydroxyl groups is 1. The molecule has 0 amide bonds. The van der Waals surface area contributed by atoms with Gasteiger partial charge in [0.05, 0.1) is 12.2 Å². The lowest BCUT2D eigenvalue weighted by Crippen LogP contribution is -2.15. The van der Waals surface area contributed by atoms with Gasteiger partial charge in [0.2, 0.25) is 0 Å². The van der Waals surface area contributed by atoms with E-state index < -0.39 is 11.9 Å². The van der Waals surface area contributed by atoms with Crippen molar-refractivity contribution in [2.45, 2.75) is 19.3 Å².